The normalized spacial score (nSPS) is 12.7. The van der Waals surface area contributed by atoms with Crippen molar-refractivity contribution in [2.24, 2.45) is 0 Å². The molecule has 0 amide bonds. The zero-order valence-electron chi connectivity index (χ0n) is 26.8. The Morgan fingerprint density at radius 1 is 0.510 bits per heavy atom. The number of aryl methyl sites for hydroxylation is 1. The highest BCUT2D eigenvalue weighted by Gasteiger charge is 2.22. The van der Waals surface area contributed by atoms with E-state index < -0.39 is 0 Å². The summed E-state index contributed by atoms with van der Waals surface area (Å²) in [4.78, 5) is 10.4. The number of aromatic nitrogens is 3. The first kappa shape index (κ1) is 27.8. The Bertz CT molecular complexity index is 2700. The van der Waals surface area contributed by atoms with Crippen molar-refractivity contribution in [3.63, 3.8) is 0 Å². The van der Waals surface area contributed by atoms with E-state index in [1.54, 1.807) is 0 Å². The van der Waals surface area contributed by atoms with Crippen LogP contribution >= 0.6 is 0 Å². The lowest BCUT2D eigenvalue weighted by Gasteiger charge is -2.16. The lowest BCUT2D eigenvalue weighted by Crippen LogP contribution is -2.00. The minimum Gasteiger partial charge on any atom is -0.309 e. The summed E-state index contributed by atoms with van der Waals surface area (Å²) in [6.45, 7) is 0. The van der Waals surface area contributed by atoms with E-state index in [0.29, 0.717) is 0 Å². The first-order valence-electron chi connectivity index (χ1n) is 17.0. The van der Waals surface area contributed by atoms with Gasteiger partial charge in [0.05, 0.1) is 28.1 Å². The van der Waals surface area contributed by atoms with Gasteiger partial charge < -0.3 is 4.57 Å². The van der Waals surface area contributed by atoms with E-state index in [1.807, 2.05) is 12.1 Å². The van der Waals surface area contributed by atoms with Crippen molar-refractivity contribution < 1.29 is 0 Å². The van der Waals surface area contributed by atoms with E-state index in [1.165, 1.54) is 49.1 Å². The summed E-state index contributed by atoms with van der Waals surface area (Å²) < 4.78 is 2.48. The van der Waals surface area contributed by atoms with Crippen LogP contribution in [0.3, 0.4) is 0 Å². The van der Waals surface area contributed by atoms with Crippen LogP contribution in [-0.2, 0) is 6.42 Å². The molecule has 1 aliphatic carbocycles. The summed E-state index contributed by atoms with van der Waals surface area (Å²) in [5.41, 5.74) is 11.4. The van der Waals surface area contributed by atoms with Gasteiger partial charge in [0.2, 0.25) is 0 Å². The molecule has 3 heteroatoms. The minimum atomic E-state index is 0.719. The molecule has 0 aliphatic heterocycles. The molecule has 0 bridgehead atoms. The van der Waals surface area contributed by atoms with E-state index in [-0.39, 0.29) is 0 Å². The molecule has 0 unspecified atom stereocenters. The van der Waals surface area contributed by atoms with Crippen LogP contribution in [0.1, 0.15) is 17.5 Å². The Kier molecular flexibility index (Phi) is 6.31. The van der Waals surface area contributed by atoms with Crippen LogP contribution in [-0.4, -0.2) is 14.5 Å². The minimum absolute atomic E-state index is 0.719. The molecule has 3 nitrogen and oxygen atoms in total. The Hall–Kier alpha value is -6.32. The highest BCUT2D eigenvalue weighted by molar-refractivity contribution is 6.23. The molecule has 0 saturated heterocycles. The molecule has 9 aromatic rings. The molecule has 0 radical (unpaired) electrons. The molecule has 49 heavy (non-hydrogen) atoms. The third kappa shape index (κ3) is 4.43. The summed E-state index contributed by atoms with van der Waals surface area (Å²) >= 11 is 0. The van der Waals surface area contributed by atoms with Crippen LogP contribution in [0, 0.1) is 0 Å². The first-order chi connectivity index (χ1) is 24.3. The van der Waals surface area contributed by atoms with Crippen LogP contribution < -0.4 is 0 Å². The quantitative estimate of drug-likeness (QED) is 0.195. The number of hydrogen-bond acceptors (Lipinski definition) is 2. The predicted octanol–water partition coefficient (Wildman–Crippen LogP) is 11.8. The van der Waals surface area contributed by atoms with E-state index in [4.69, 9.17) is 9.97 Å². The molecular weight excluding hydrogens is 595 g/mol. The van der Waals surface area contributed by atoms with Gasteiger partial charge in [-0.2, -0.15) is 0 Å². The van der Waals surface area contributed by atoms with Gasteiger partial charge in [0.1, 0.15) is 0 Å². The van der Waals surface area contributed by atoms with Gasteiger partial charge in [0.25, 0.3) is 0 Å². The number of allylic oxidation sites excluding steroid dienone is 1. The van der Waals surface area contributed by atoms with Gasteiger partial charge in [0, 0.05) is 32.8 Å². The van der Waals surface area contributed by atoms with Gasteiger partial charge in [-0.25, -0.2) is 9.97 Å². The zero-order valence-corrected chi connectivity index (χ0v) is 26.8. The summed E-state index contributed by atoms with van der Waals surface area (Å²) in [5, 5.41) is 7.56. The number of rotatable bonds is 4. The first-order valence-corrected chi connectivity index (χ1v) is 17.0. The smallest absolute Gasteiger partial charge is 0.161 e. The Morgan fingerprint density at radius 3 is 1.90 bits per heavy atom. The number of fused-ring (bicyclic) bond motifs is 8. The Labute approximate surface area is 284 Å². The van der Waals surface area contributed by atoms with Gasteiger partial charge in [-0.05, 0) is 70.5 Å². The highest BCUT2D eigenvalue weighted by atomic mass is 15.0. The topological polar surface area (TPSA) is 30.7 Å². The number of nitrogens with zero attached hydrogens (tertiary/aromatic N) is 3. The monoisotopic (exact) mass is 625 g/mol. The van der Waals surface area contributed by atoms with Gasteiger partial charge >= 0.3 is 0 Å². The molecule has 7 aromatic carbocycles. The van der Waals surface area contributed by atoms with Gasteiger partial charge in [-0.1, -0.05) is 133 Å². The van der Waals surface area contributed by atoms with Crippen LogP contribution in [0.4, 0.5) is 0 Å². The highest BCUT2D eigenvalue weighted by Crippen LogP contribution is 2.43. The molecule has 0 saturated carbocycles. The largest absolute Gasteiger partial charge is 0.309 e. The van der Waals surface area contributed by atoms with Crippen molar-refractivity contribution in [2.75, 3.05) is 0 Å². The summed E-state index contributed by atoms with van der Waals surface area (Å²) in [6, 6.07) is 54.1. The molecule has 2 aromatic heterocycles. The predicted molar refractivity (Wildman–Crippen MR) is 205 cm³/mol. The molecule has 0 fully saturated rings. The standard InChI is InChI=1S/C46H31N3/c1-3-15-32(16-4-1)39-29-40(33-17-5-2-6-18-33)48-46(47-39)38-25-28-41(37-22-12-11-21-36(37)38)49-42-26-23-30-13-7-9-19-34(30)44(42)45-35-20-10-8-14-31(35)24-27-43(45)49/h1-9,11-19,21-29H,10,20H2. The molecule has 1 aliphatic rings. The second kappa shape index (κ2) is 11.1. The summed E-state index contributed by atoms with van der Waals surface area (Å²) in [7, 11) is 0. The zero-order chi connectivity index (χ0) is 32.3. The lowest BCUT2D eigenvalue weighted by molar-refractivity contribution is 0.997. The van der Waals surface area contributed by atoms with E-state index >= 15 is 0 Å². The lowest BCUT2D eigenvalue weighted by atomic mass is 9.92. The summed E-state index contributed by atoms with van der Waals surface area (Å²) in [5.74, 6) is 0.719. The van der Waals surface area contributed by atoms with Gasteiger partial charge in [-0.15, -0.1) is 0 Å². The van der Waals surface area contributed by atoms with Crippen LogP contribution in [0.2, 0.25) is 0 Å². The van der Waals surface area contributed by atoms with E-state index in [0.717, 1.165) is 57.8 Å². The fourth-order valence-electron chi connectivity index (χ4n) is 7.83. The second-order valence-electron chi connectivity index (χ2n) is 12.9. The average Bonchev–Trinajstić information content (AvgIpc) is 3.53. The van der Waals surface area contributed by atoms with E-state index in [9.17, 15) is 0 Å². The Morgan fingerprint density at radius 2 is 1.14 bits per heavy atom. The van der Waals surface area contributed by atoms with Crippen LogP contribution in [0.5, 0.6) is 0 Å². The Balaban J connectivity index is 1.26. The molecule has 230 valence electrons. The van der Waals surface area contributed by atoms with E-state index in [2.05, 4.69) is 156 Å². The molecular formula is C46H31N3. The van der Waals surface area contributed by atoms with Crippen molar-refractivity contribution in [1.29, 1.82) is 0 Å². The molecule has 10 rings (SSSR count). The SMILES string of the molecule is C1=Cc2ccc3c(c2CC1)c1c2ccccc2ccc1n3-c1ccc(-c2nc(-c3ccccc3)cc(-c3ccccc3)n2)c2ccccc12. The van der Waals surface area contributed by atoms with Crippen LogP contribution in [0.15, 0.2) is 158 Å². The molecule has 0 N–H and O–H groups in total. The van der Waals surface area contributed by atoms with Crippen molar-refractivity contribution in [1.82, 2.24) is 14.5 Å². The maximum atomic E-state index is 5.20. The van der Waals surface area contributed by atoms with Gasteiger partial charge in [-0.3, -0.25) is 0 Å². The molecule has 0 spiro atoms. The van der Waals surface area contributed by atoms with Crippen molar-refractivity contribution >= 4 is 49.4 Å². The fraction of sp³-hybridized carbons (Fsp3) is 0.0435. The average molecular weight is 626 g/mol. The van der Waals surface area contributed by atoms with Crippen molar-refractivity contribution in [3.8, 4) is 39.6 Å². The van der Waals surface area contributed by atoms with Crippen LogP contribution in [0.25, 0.3) is 89.0 Å². The maximum absolute atomic E-state index is 5.20. The third-order valence-corrected chi connectivity index (χ3v) is 10.1. The fourth-order valence-corrected chi connectivity index (χ4v) is 7.83. The maximum Gasteiger partial charge on any atom is 0.161 e. The van der Waals surface area contributed by atoms with Gasteiger partial charge in [0.15, 0.2) is 5.82 Å². The molecule has 0 atom stereocenters. The number of hydrogen-bond donors (Lipinski definition) is 0. The van der Waals surface area contributed by atoms with Crippen molar-refractivity contribution in [2.45, 2.75) is 12.8 Å². The second-order valence-corrected chi connectivity index (χ2v) is 12.9. The number of benzene rings is 7. The summed E-state index contributed by atoms with van der Waals surface area (Å²) in [6.07, 6.45) is 6.71. The third-order valence-electron chi connectivity index (χ3n) is 10.1. The molecule has 2 heterocycles. The van der Waals surface area contributed by atoms with Crippen molar-refractivity contribution in [3.05, 3.63) is 169 Å².